The summed E-state index contributed by atoms with van der Waals surface area (Å²) in [6.07, 6.45) is 4.31. The number of thioether (sulfide) groups is 1. The van der Waals surface area contributed by atoms with Gasteiger partial charge in [0.1, 0.15) is 0 Å². The fraction of sp³-hybridized carbons (Fsp3) is 0.692. The molecule has 1 fully saturated rings. The van der Waals surface area contributed by atoms with Gasteiger partial charge >= 0.3 is 5.97 Å². The van der Waals surface area contributed by atoms with Gasteiger partial charge in [-0.2, -0.15) is 0 Å². The lowest BCUT2D eigenvalue weighted by atomic mass is 9.98. The molecule has 1 saturated heterocycles. The molecule has 0 saturated carbocycles. The lowest BCUT2D eigenvalue weighted by Crippen LogP contribution is -2.34. The van der Waals surface area contributed by atoms with Crippen LogP contribution in [0.5, 0.6) is 0 Å². The summed E-state index contributed by atoms with van der Waals surface area (Å²) in [5.74, 6) is -0.0912. The average molecular weight is 283 g/mol. The van der Waals surface area contributed by atoms with E-state index in [1.807, 2.05) is 13.1 Å². The third-order valence-electron chi connectivity index (χ3n) is 3.51. The van der Waals surface area contributed by atoms with Crippen molar-refractivity contribution in [2.45, 2.75) is 31.5 Å². The van der Waals surface area contributed by atoms with Gasteiger partial charge in [0.2, 0.25) is 0 Å². The van der Waals surface area contributed by atoms with Gasteiger partial charge in [-0.25, -0.2) is 4.98 Å². The Balaban J connectivity index is 2.02. The molecule has 19 heavy (non-hydrogen) atoms. The quantitative estimate of drug-likeness (QED) is 0.834. The number of carboxylic acids is 1. The predicted octanol–water partition coefficient (Wildman–Crippen LogP) is 1.71. The van der Waals surface area contributed by atoms with E-state index < -0.39 is 5.97 Å². The topological polar surface area (TPSA) is 58.4 Å². The van der Waals surface area contributed by atoms with E-state index in [0.29, 0.717) is 5.92 Å². The molecule has 0 aliphatic carbocycles. The Morgan fingerprint density at radius 1 is 1.63 bits per heavy atom. The number of rotatable bonds is 5. The van der Waals surface area contributed by atoms with Gasteiger partial charge < -0.3 is 14.6 Å². The van der Waals surface area contributed by atoms with Crippen LogP contribution in [0.1, 0.15) is 18.5 Å². The van der Waals surface area contributed by atoms with Gasteiger partial charge in [-0.3, -0.25) is 4.79 Å². The number of carbonyl (C=O) groups is 1. The standard InChI is InChI=1S/C13H21N3O2S/c1-10-6-14-13(19-9-12(17)18)16(10)8-11-4-3-5-15(2)7-11/h6,11H,3-5,7-9H2,1-2H3,(H,17,18). The Morgan fingerprint density at radius 2 is 2.42 bits per heavy atom. The largest absolute Gasteiger partial charge is 0.481 e. The number of hydrogen-bond donors (Lipinski definition) is 1. The van der Waals surface area contributed by atoms with Gasteiger partial charge in [-0.1, -0.05) is 11.8 Å². The third-order valence-corrected chi connectivity index (χ3v) is 4.48. The molecule has 0 bridgehead atoms. The van der Waals surface area contributed by atoms with Gasteiger partial charge in [0.05, 0.1) is 5.75 Å². The van der Waals surface area contributed by atoms with E-state index in [9.17, 15) is 4.79 Å². The Hall–Kier alpha value is -1.01. The summed E-state index contributed by atoms with van der Waals surface area (Å²) >= 11 is 1.30. The second-order valence-corrected chi connectivity index (χ2v) is 6.19. The maximum absolute atomic E-state index is 10.7. The molecule has 1 aromatic heterocycles. The number of likely N-dealkylation sites (tertiary alicyclic amines) is 1. The zero-order valence-electron chi connectivity index (χ0n) is 11.5. The van der Waals surface area contributed by atoms with Crippen LogP contribution < -0.4 is 0 Å². The lowest BCUT2D eigenvalue weighted by Gasteiger charge is -2.30. The molecule has 1 aromatic rings. The summed E-state index contributed by atoms with van der Waals surface area (Å²) in [4.78, 5) is 17.3. The van der Waals surface area contributed by atoms with Gasteiger partial charge in [-0.05, 0) is 39.3 Å². The van der Waals surface area contributed by atoms with Crippen molar-refractivity contribution in [3.8, 4) is 0 Å². The highest BCUT2D eigenvalue weighted by Gasteiger charge is 2.20. The highest BCUT2D eigenvalue weighted by molar-refractivity contribution is 7.99. The van der Waals surface area contributed by atoms with Crippen LogP contribution in [0.3, 0.4) is 0 Å². The molecule has 2 heterocycles. The number of imidazole rings is 1. The number of carboxylic acid groups (broad SMARTS) is 1. The molecule has 0 amide bonds. The summed E-state index contributed by atoms with van der Waals surface area (Å²) in [5.41, 5.74) is 1.11. The molecular formula is C13H21N3O2S. The van der Waals surface area contributed by atoms with Crippen molar-refractivity contribution < 1.29 is 9.90 Å². The van der Waals surface area contributed by atoms with Crippen LogP contribution in [-0.2, 0) is 11.3 Å². The molecule has 6 heteroatoms. The van der Waals surface area contributed by atoms with Crippen LogP contribution in [0.15, 0.2) is 11.4 Å². The second kappa shape index (κ2) is 6.43. The molecule has 0 radical (unpaired) electrons. The molecule has 1 aliphatic heterocycles. The van der Waals surface area contributed by atoms with Crippen molar-refractivity contribution in [2.24, 2.45) is 5.92 Å². The molecule has 0 spiro atoms. The smallest absolute Gasteiger partial charge is 0.313 e. The SMILES string of the molecule is Cc1cnc(SCC(=O)O)n1CC1CCCN(C)C1. The first kappa shape index (κ1) is 14.4. The summed E-state index contributed by atoms with van der Waals surface area (Å²) in [6.45, 7) is 5.27. The average Bonchev–Trinajstić information content (AvgIpc) is 2.68. The zero-order chi connectivity index (χ0) is 13.8. The van der Waals surface area contributed by atoms with Crippen LogP contribution in [0, 0.1) is 12.8 Å². The van der Waals surface area contributed by atoms with Gasteiger partial charge in [0.15, 0.2) is 5.16 Å². The van der Waals surface area contributed by atoms with Gasteiger partial charge in [-0.15, -0.1) is 0 Å². The van der Waals surface area contributed by atoms with E-state index in [4.69, 9.17) is 5.11 Å². The first-order chi connectivity index (χ1) is 9.06. The van der Waals surface area contributed by atoms with Crippen LogP contribution in [-0.4, -0.2) is 51.4 Å². The maximum atomic E-state index is 10.7. The number of aromatic nitrogens is 2. The normalized spacial score (nSPS) is 20.6. The Labute approximate surface area is 118 Å². The minimum atomic E-state index is -0.797. The van der Waals surface area contributed by atoms with Crippen molar-refractivity contribution in [1.29, 1.82) is 0 Å². The lowest BCUT2D eigenvalue weighted by molar-refractivity contribution is -0.133. The fourth-order valence-electron chi connectivity index (χ4n) is 2.58. The van der Waals surface area contributed by atoms with Crippen LogP contribution in [0.25, 0.3) is 0 Å². The summed E-state index contributed by atoms with van der Waals surface area (Å²) in [6, 6.07) is 0. The van der Waals surface area contributed by atoms with Crippen molar-refractivity contribution in [2.75, 3.05) is 25.9 Å². The number of aryl methyl sites for hydroxylation is 1. The number of aliphatic carboxylic acids is 1. The van der Waals surface area contributed by atoms with Gasteiger partial charge in [0, 0.05) is 25.0 Å². The molecule has 5 nitrogen and oxygen atoms in total. The first-order valence-electron chi connectivity index (χ1n) is 6.61. The zero-order valence-corrected chi connectivity index (χ0v) is 12.3. The predicted molar refractivity (Wildman–Crippen MR) is 75.5 cm³/mol. The number of nitrogens with zero attached hydrogens (tertiary/aromatic N) is 3. The minimum Gasteiger partial charge on any atom is -0.481 e. The Bertz CT molecular complexity index is 447. The van der Waals surface area contributed by atoms with E-state index in [1.54, 1.807) is 0 Å². The molecule has 1 unspecified atom stereocenters. The van der Waals surface area contributed by atoms with E-state index in [0.717, 1.165) is 23.9 Å². The number of hydrogen-bond acceptors (Lipinski definition) is 4. The first-order valence-corrected chi connectivity index (χ1v) is 7.60. The monoisotopic (exact) mass is 283 g/mol. The minimum absolute atomic E-state index is 0.0705. The van der Waals surface area contributed by atoms with E-state index in [2.05, 4.69) is 21.5 Å². The summed E-state index contributed by atoms with van der Waals surface area (Å²) in [7, 11) is 2.16. The molecule has 106 valence electrons. The van der Waals surface area contributed by atoms with E-state index in [-0.39, 0.29) is 5.75 Å². The number of piperidine rings is 1. The highest BCUT2D eigenvalue weighted by Crippen LogP contribution is 2.23. The fourth-order valence-corrected chi connectivity index (χ4v) is 3.34. The molecule has 2 rings (SSSR count). The van der Waals surface area contributed by atoms with Crippen molar-refractivity contribution >= 4 is 17.7 Å². The van der Waals surface area contributed by atoms with Crippen LogP contribution in [0.2, 0.25) is 0 Å². The van der Waals surface area contributed by atoms with E-state index >= 15 is 0 Å². The Morgan fingerprint density at radius 3 is 3.11 bits per heavy atom. The van der Waals surface area contributed by atoms with Crippen LogP contribution >= 0.6 is 11.8 Å². The molecular weight excluding hydrogens is 262 g/mol. The highest BCUT2D eigenvalue weighted by atomic mass is 32.2. The molecule has 1 aliphatic rings. The van der Waals surface area contributed by atoms with Gasteiger partial charge in [0.25, 0.3) is 0 Å². The maximum Gasteiger partial charge on any atom is 0.313 e. The molecule has 1 atom stereocenters. The second-order valence-electron chi connectivity index (χ2n) is 5.25. The van der Waals surface area contributed by atoms with Crippen molar-refractivity contribution in [1.82, 2.24) is 14.5 Å². The van der Waals surface area contributed by atoms with Crippen molar-refractivity contribution in [3.63, 3.8) is 0 Å². The third kappa shape index (κ3) is 3.98. The van der Waals surface area contributed by atoms with Crippen molar-refractivity contribution in [3.05, 3.63) is 11.9 Å². The summed E-state index contributed by atoms with van der Waals surface area (Å²) < 4.78 is 2.16. The molecule has 0 aromatic carbocycles. The summed E-state index contributed by atoms with van der Waals surface area (Å²) in [5, 5.41) is 9.59. The molecule has 1 N–H and O–H groups in total. The Kier molecular flexibility index (Phi) is 4.87. The van der Waals surface area contributed by atoms with E-state index in [1.165, 1.54) is 31.1 Å². The van der Waals surface area contributed by atoms with Crippen LogP contribution in [0.4, 0.5) is 0 Å².